The molecule has 33 heavy (non-hydrogen) atoms. The Morgan fingerprint density at radius 2 is 1.88 bits per heavy atom. The number of nitrogens with one attached hydrogen (secondary N) is 1. The first-order valence-electron chi connectivity index (χ1n) is 11.0. The highest BCUT2D eigenvalue weighted by Crippen LogP contribution is 2.45. The maximum absolute atomic E-state index is 14.7. The second kappa shape index (κ2) is 8.09. The van der Waals surface area contributed by atoms with Gasteiger partial charge in [0, 0.05) is 41.5 Å². The predicted molar refractivity (Wildman–Crippen MR) is 122 cm³/mol. The summed E-state index contributed by atoms with van der Waals surface area (Å²) in [4.78, 5) is 6.91. The van der Waals surface area contributed by atoms with Crippen LogP contribution in [0.15, 0.2) is 36.4 Å². The molecule has 1 aromatic heterocycles. The lowest BCUT2D eigenvalue weighted by molar-refractivity contribution is -0.127. The molecule has 174 valence electrons. The third kappa shape index (κ3) is 3.76. The van der Waals surface area contributed by atoms with Gasteiger partial charge in [-0.3, -0.25) is 4.98 Å². The molecule has 3 aromatic rings. The number of rotatable bonds is 6. The van der Waals surface area contributed by atoms with Crippen molar-refractivity contribution in [2.45, 2.75) is 26.3 Å². The molecule has 2 aliphatic heterocycles. The van der Waals surface area contributed by atoms with E-state index in [1.165, 1.54) is 12.1 Å². The molecule has 0 radical (unpaired) electrons. The highest BCUT2D eigenvalue weighted by Gasteiger charge is 2.49. The van der Waals surface area contributed by atoms with Crippen LogP contribution >= 0.6 is 0 Å². The first kappa shape index (κ1) is 21.8. The molecule has 5 rings (SSSR count). The molecule has 8 heteroatoms. The van der Waals surface area contributed by atoms with Crippen molar-refractivity contribution >= 4 is 22.3 Å². The van der Waals surface area contributed by atoms with Gasteiger partial charge >= 0.3 is 0 Å². The van der Waals surface area contributed by atoms with Gasteiger partial charge in [-0.25, -0.2) is 13.2 Å². The van der Waals surface area contributed by atoms with Gasteiger partial charge < -0.3 is 19.7 Å². The van der Waals surface area contributed by atoms with E-state index in [2.05, 4.69) is 15.2 Å². The molecule has 5 nitrogen and oxygen atoms in total. The van der Waals surface area contributed by atoms with E-state index < -0.39 is 23.8 Å². The minimum absolute atomic E-state index is 0.193. The van der Waals surface area contributed by atoms with E-state index in [0.717, 1.165) is 66.1 Å². The molecule has 3 heterocycles. The number of halogens is 3. The zero-order valence-corrected chi connectivity index (χ0v) is 18.8. The van der Waals surface area contributed by atoms with Crippen molar-refractivity contribution in [2.75, 3.05) is 43.6 Å². The van der Waals surface area contributed by atoms with Crippen LogP contribution in [0.2, 0.25) is 0 Å². The first-order valence-corrected chi connectivity index (χ1v) is 11.0. The summed E-state index contributed by atoms with van der Waals surface area (Å²) in [5, 5.41) is 4.18. The zero-order chi connectivity index (χ0) is 23.3. The van der Waals surface area contributed by atoms with Crippen LogP contribution in [0.25, 0.3) is 10.9 Å². The van der Waals surface area contributed by atoms with Crippen LogP contribution in [-0.4, -0.2) is 38.4 Å². The minimum Gasteiger partial charge on any atom is -0.495 e. The van der Waals surface area contributed by atoms with Crippen LogP contribution in [0, 0.1) is 18.2 Å². The highest BCUT2D eigenvalue weighted by atomic mass is 19.3. The Bertz CT molecular complexity index is 1210. The van der Waals surface area contributed by atoms with Crippen molar-refractivity contribution in [3.8, 4) is 5.75 Å². The number of ether oxygens (including phenoxy) is 2. The number of aryl methyl sites for hydroxylation is 1. The highest BCUT2D eigenvalue weighted by molar-refractivity contribution is 5.96. The molecule has 2 saturated heterocycles. The van der Waals surface area contributed by atoms with E-state index in [1.807, 2.05) is 25.1 Å². The molecule has 1 atom stereocenters. The summed E-state index contributed by atoms with van der Waals surface area (Å²) in [6, 6.07) is 9.42. The number of methoxy groups -OCH3 is 1. The Hall–Kier alpha value is -3.00. The fourth-order valence-electron chi connectivity index (χ4n) is 4.79. The lowest BCUT2D eigenvalue weighted by Gasteiger charge is -2.56. The Morgan fingerprint density at radius 3 is 2.52 bits per heavy atom. The van der Waals surface area contributed by atoms with E-state index in [1.54, 1.807) is 14.0 Å². The summed E-state index contributed by atoms with van der Waals surface area (Å²) in [6.07, 6.45) is -2.86. The summed E-state index contributed by atoms with van der Waals surface area (Å²) in [6.45, 7) is 7.01. The molecule has 0 amide bonds. The van der Waals surface area contributed by atoms with Crippen molar-refractivity contribution in [1.29, 1.82) is 0 Å². The van der Waals surface area contributed by atoms with E-state index in [4.69, 9.17) is 9.47 Å². The SMILES string of the molecule is COc1cc2nc(C)cc(N[C@H](C)c3cccc(C(F)F)c3F)c2cc1N1CC2(COC2)C1. The molecule has 2 aromatic carbocycles. The van der Waals surface area contributed by atoms with E-state index in [0.29, 0.717) is 0 Å². The fraction of sp³-hybridized carbons (Fsp3) is 0.400. The maximum Gasteiger partial charge on any atom is 0.266 e. The standard InChI is InChI=1S/C25H26F3N3O2/c1-14-7-19(30-15(2)16-5-4-6-17(23(16)26)24(27)28)18-8-21(22(32-3)9-20(18)29-14)31-10-25(11-31)12-33-13-25/h4-9,15,24H,10-13H2,1-3H3,(H,29,30)/t15-/m1/s1. The van der Waals surface area contributed by atoms with Crippen LogP contribution in [-0.2, 0) is 4.74 Å². The van der Waals surface area contributed by atoms with Crippen LogP contribution in [0.5, 0.6) is 5.75 Å². The van der Waals surface area contributed by atoms with Crippen molar-refractivity contribution in [1.82, 2.24) is 4.98 Å². The van der Waals surface area contributed by atoms with Gasteiger partial charge in [-0.2, -0.15) is 0 Å². The largest absolute Gasteiger partial charge is 0.495 e. The molecular formula is C25H26F3N3O2. The average molecular weight is 457 g/mol. The van der Waals surface area contributed by atoms with Crippen molar-refractivity contribution in [3.63, 3.8) is 0 Å². The zero-order valence-electron chi connectivity index (χ0n) is 18.8. The Balaban J connectivity index is 1.51. The molecule has 2 aliphatic rings. The number of fused-ring (bicyclic) bond motifs is 1. The molecule has 1 spiro atoms. The van der Waals surface area contributed by atoms with Gasteiger partial charge in [-0.1, -0.05) is 18.2 Å². The fourth-order valence-corrected chi connectivity index (χ4v) is 4.79. The van der Waals surface area contributed by atoms with Crippen LogP contribution < -0.4 is 15.0 Å². The Kier molecular flexibility index (Phi) is 5.35. The van der Waals surface area contributed by atoms with Crippen LogP contribution in [0.4, 0.5) is 24.5 Å². The Morgan fingerprint density at radius 1 is 1.15 bits per heavy atom. The van der Waals surface area contributed by atoms with Gasteiger partial charge in [0.05, 0.1) is 48.5 Å². The summed E-state index contributed by atoms with van der Waals surface area (Å²) >= 11 is 0. The number of alkyl halides is 2. The van der Waals surface area contributed by atoms with Gasteiger partial charge in [0.15, 0.2) is 0 Å². The van der Waals surface area contributed by atoms with Gasteiger partial charge in [-0.05, 0) is 26.0 Å². The molecule has 2 fully saturated rings. The number of benzene rings is 2. The van der Waals surface area contributed by atoms with Gasteiger partial charge in [0.2, 0.25) is 0 Å². The maximum atomic E-state index is 14.7. The average Bonchev–Trinajstić information content (AvgIpc) is 2.71. The Labute approximate surface area is 190 Å². The van der Waals surface area contributed by atoms with Crippen LogP contribution in [0.3, 0.4) is 0 Å². The molecule has 1 N–H and O–H groups in total. The van der Waals surface area contributed by atoms with Crippen LogP contribution in [0.1, 0.15) is 36.2 Å². The summed E-state index contributed by atoms with van der Waals surface area (Å²) in [7, 11) is 1.64. The minimum atomic E-state index is -2.86. The lowest BCUT2D eigenvalue weighted by Crippen LogP contribution is -2.66. The van der Waals surface area contributed by atoms with Crippen molar-refractivity contribution in [3.05, 3.63) is 59.0 Å². The normalized spacial score (nSPS) is 17.7. The smallest absolute Gasteiger partial charge is 0.266 e. The summed E-state index contributed by atoms with van der Waals surface area (Å²) < 4.78 is 52.1. The van der Waals surface area contributed by atoms with E-state index in [9.17, 15) is 13.2 Å². The molecule has 0 saturated carbocycles. The number of nitrogens with zero attached hydrogens (tertiary/aromatic N) is 2. The van der Waals surface area contributed by atoms with Gasteiger partial charge in [0.1, 0.15) is 11.6 Å². The third-order valence-corrected chi connectivity index (χ3v) is 6.58. The molecule has 0 bridgehead atoms. The molecule has 0 aliphatic carbocycles. The van der Waals surface area contributed by atoms with Crippen molar-refractivity contribution in [2.24, 2.45) is 5.41 Å². The topological polar surface area (TPSA) is 46.6 Å². The van der Waals surface area contributed by atoms with Crippen molar-refractivity contribution < 1.29 is 22.6 Å². The second-order valence-electron chi connectivity index (χ2n) is 9.12. The quantitative estimate of drug-likeness (QED) is 0.519. The monoisotopic (exact) mass is 457 g/mol. The van der Waals surface area contributed by atoms with Gasteiger partial charge in [-0.15, -0.1) is 0 Å². The number of hydrogen-bond acceptors (Lipinski definition) is 5. The molecule has 0 unspecified atom stereocenters. The lowest BCUT2D eigenvalue weighted by atomic mass is 9.77. The van der Waals surface area contributed by atoms with Gasteiger partial charge in [0.25, 0.3) is 6.43 Å². The number of pyridine rings is 1. The summed E-state index contributed by atoms with van der Waals surface area (Å²) in [5.41, 5.74) is 3.11. The number of anilines is 2. The number of hydrogen-bond donors (Lipinski definition) is 1. The van der Waals surface area contributed by atoms with E-state index in [-0.39, 0.29) is 11.0 Å². The first-order chi connectivity index (χ1) is 15.8. The predicted octanol–water partition coefficient (Wildman–Crippen LogP) is 5.64. The van der Waals surface area contributed by atoms with E-state index >= 15 is 0 Å². The second-order valence-corrected chi connectivity index (χ2v) is 9.12. The third-order valence-electron chi connectivity index (χ3n) is 6.58. The number of aromatic nitrogens is 1. The summed E-state index contributed by atoms with van der Waals surface area (Å²) in [5.74, 6) is -0.135. The molecular weight excluding hydrogens is 431 g/mol.